The Hall–Kier alpha value is -2.18. The predicted molar refractivity (Wildman–Crippen MR) is 73.8 cm³/mol. The van der Waals surface area contributed by atoms with E-state index in [1.807, 2.05) is 0 Å². The van der Waals surface area contributed by atoms with Gasteiger partial charge >= 0.3 is 39.2 Å². The van der Waals surface area contributed by atoms with Crippen LogP contribution >= 0.6 is 0 Å². The largest absolute Gasteiger partial charge is 2.00 e. The number of hydrogen-bond acceptors (Lipinski definition) is 6. The maximum absolute atomic E-state index is 10.4. The van der Waals surface area contributed by atoms with Crippen LogP contribution in [0.25, 0.3) is 0 Å². The molecule has 0 amide bonds. The molecule has 0 aromatic heterocycles. The number of para-hydroxylation sites is 2. The fraction of sp³-hybridized carbons (Fsp3) is 0. The van der Waals surface area contributed by atoms with Gasteiger partial charge in [-0.15, -0.1) is 0 Å². The van der Waals surface area contributed by atoms with Crippen molar-refractivity contribution in [1.29, 1.82) is 0 Å². The summed E-state index contributed by atoms with van der Waals surface area (Å²) in [6.07, 6.45) is 0. The molecule has 0 saturated heterocycles. The molecule has 2 N–H and O–H groups in total. The van der Waals surface area contributed by atoms with Crippen molar-refractivity contribution >= 4 is 39.2 Å². The van der Waals surface area contributed by atoms with Crippen molar-refractivity contribution in [1.82, 2.24) is 0 Å². The summed E-state index contributed by atoms with van der Waals surface area (Å²) >= 11 is 0. The van der Waals surface area contributed by atoms with Crippen molar-refractivity contribution in [2.75, 3.05) is 0 Å². The fourth-order valence-electron chi connectivity index (χ4n) is 1.43. The van der Waals surface area contributed by atoms with Gasteiger partial charge in [-0.25, -0.2) is 9.59 Å². The minimum atomic E-state index is -1.17. The summed E-state index contributed by atoms with van der Waals surface area (Å²) in [6, 6.07) is 11.3. The average Bonchev–Trinajstić information content (AvgIpc) is 2.55. The van der Waals surface area contributed by atoms with E-state index in [-0.39, 0.29) is 49.9 Å². The molecule has 2 radical (unpaired) electrons. The second-order valence-electron chi connectivity index (χ2n) is 3.77. The van der Waals surface area contributed by atoms with Crippen LogP contribution in [0, 0.1) is 0 Å². The van der Waals surface area contributed by atoms with Crippen LogP contribution in [0.2, 0.25) is 0 Å². The van der Waals surface area contributed by atoms with Crippen LogP contribution in [0.3, 0.4) is 0 Å². The molecule has 8 nitrogen and oxygen atoms in total. The molecule has 2 rings (SSSR count). The number of carbonyl (C=O) groups is 2. The van der Waals surface area contributed by atoms with Gasteiger partial charge in [0, 0.05) is 0 Å². The number of hydrogen-bond donors (Lipinski definition) is 2. The summed E-state index contributed by atoms with van der Waals surface area (Å²) in [4.78, 5) is 27.9. The number of rotatable bonds is 4. The van der Waals surface area contributed by atoms with E-state index >= 15 is 0 Å². The number of benzene rings is 2. The van der Waals surface area contributed by atoms with E-state index in [1.165, 1.54) is 48.5 Å². The van der Waals surface area contributed by atoms with Crippen molar-refractivity contribution in [3.8, 4) is 11.5 Å². The molecule has 0 fully saturated rings. The van der Waals surface area contributed by atoms with Crippen LogP contribution in [-0.2, 0) is 0 Å². The van der Waals surface area contributed by atoms with E-state index in [0.29, 0.717) is 0 Å². The maximum Gasteiger partial charge on any atom is 2.00 e. The van der Waals surface area contributed by atoms with E-state index in [2.05, 4.69) is 9.78 Å². The molecule has 0 aliphatic heterocycles. The van der Waals surface area contributed by atoms with E-state index in [9.17, 15) is 20.1 Å². The monoisotopic (exact) mass is 514 g/mol. The van der Waals surface area contributed by atoms with Gasteiger partial charge in [0.15, 0.2) is 0 Å². The molecule has 0 aliphatic carbocycles. The summed E-state index contributed by atoms with van der Waals surface area (Å²) in [5.41, 5.74) is -0.245. The van der Waals surface area contributed by atoms with Gasteiger partial charge in [-0.2, -0.15) is 0 Å². The summed E-state index contributed by atoms with van der Waals surface area (Å²) in [7, 11) is 0. The topological polar surface area (TPSA) is 139 Å². The minimum absolute atomic E-state index is 0. The van der Waals surface area contributed by atoms with Gasteiger partial charge in [-0.3, -0.25) is 0 Å². The molecule has 2 aromatic rings. The smallest absolute Gasteiger partial charge is 0.664 e. The Bertz CT molecular complexity index is 601. The van der Waals surface area contributed by atoms with Gasteiger partial charge in [-0.05, 0) is 24.3 Å². The average molecular weight is 513 g/mol. The summed E-state index contributed by atoms with van der Waals surface area (Å²) in [5.74, 6) is -2.67. The van der Waals surface area contributed by atoms with Gasteiger partial charge in [0.05, 0.1) is 0 Å². The van der Waals surface area contributed by atoms with Crippen LogP contribution in [0.15, 0.2) is 48.5 Å². The molecule has 0 heterocycles. The first-order chi connectivity index (χ1) is 10.5. The molecule has 0 unspecified atom stereocenters. The number of carboxylic acids is 2. The second-order valence-corrected chi connectivity index (χ2v) is 3.77. The predicted octanol–water partition coefficient (Wildman–Crippen LogP) is -0.303. The molecule has 0 bridgehead atoms. The Morgan fingerprint density at radius 2 is 1.04 bits per heavy atom. The van der Waals surface area contributed by atoms with Crippen LogP contribution < -0.4 is 20.3 Å². The Labute approximate surface area is 150 Å². The molecule has 118 valence electrons. The molecule has 9 heteroatoms. The van der Waals surface area contributed by atoms with Crippen LogP contribution in [0.1, 0.15) is 20.7 Å². The molecule has 0 spiro atoms. The second kappa shape index (κ2) is 10.5. The van der Waals surface area contributed by atoms with Gasteiger partial charge in [0.25, 0.3) is 0 Å². The molecular weight excluding hydrogens is 503 g/mol. The van der Waals surface area contributed by atoms with Crippen LogP contribution in [0.4, 0.5) is 0 Å². The van der Waals surface area contributed by atoms with Crippen LogP contribution in [0.5, 0.6) is 11.5 Å². The number of carboxylic acid groups (broad SMARTS) is 2. The number of aromatic carboxylic acids is 2. The molecule has 2 aromatic carbocycles. The van der Waals surface area contributed by atoms with E-state index in [1.54, 1.807) is 0 Å². The minimum Gasteiger partial charge on any atom is -0.664 e. The zero-order valence-corrected chi connectivity index (χ0v) is 15.4. The summed E-state index contributed by atoms with van der Waals surface area (Å²) < 4.78 is 0. The van der Waals surface area contributed by atoms with Gasteiger partial charge in [0.2, 0.25) is 0 Å². The third-order valence-electron chi connectivity index (χ3n) is 2.41. The Morgan fingerprint density at radius 3 is 1.26 bits per heavy atom. The first-order valence-corrected chi connectivity index (χ1v) is 5.75. The Morgan fingerprint density at radius 1 is 0.739 bits per heavy atom. The molecular formula is C14H10O8Pb. The van der Waals surface area contributed by atoms with Crippen molar-refractivity contribution in [3.63, 3.8) is 0 Å². The van der Waals surface area contributed by atoms with E-state index in [0.717, 1.165) is 0 Å². The zero-order valence-electron chi connectivity index (χ0n) is 11.5. The van der Waals surface area contributed by atoms with Gasteiger partial charge in [0.1, 0.15) is 22.6 Å². The maximum atomic E-state index is 10.4. The third kappa shape index (κ3) is 6.22. The quantitative estimate of drug-likeness (QED) is 0.323. The van der Waals surface area contributed by atoms with Crippen molar-refractivity contribution in [2.45, 2.75) is 0 Å². The molecule has 0 atom stereocenters. The first kappa shape index (κ1) is 20.8. The van der Waals surface area contributed by atoms with E-state index < -0.39 is 11.9 Å². The Balaban J connectivity index is 0.000000403. The SMILES string of the molecule is O=C(O)c1ccccc1O[O-].O=C(O)c1ccccc1O[O-].[Pb+2]. The molecule has 23 heavy (non-hydrogen) atoms. The zero-order chi connectivity index (χ0) is 16.5. The third-order valence-corrected chi connectivity index (χ3v) is 2.41. The van der Waals surface area contributed by atoms with Gasteiger partial charge < -0.3 is 30.5 Å². The fourth-order valence-corrected chi connectivity index (χ4v) is 1.43. The summed E-state index contributed by atoms with van der Waals surface area (Å²) in [5, 5.41) is 36.7. The van der Waals surface area contributed by atoms with Crippen molar-refractivity contribution in [3.05, 3.63) is 59.7 Å². The van der Waals surface area contributed by atoms with Gasteiger partial charge in [-0.1, -0.05) is 24.3 Å². The first-order valence-electron chi connectivity index (χ1n) is 5.75. The van der Waals surface area contributed by atoms with E-state index in [4.69, 9.17) is 10.2 Å². The van der Waals surface area contributed by atoms with Crippen molar-refractivity contribution < 1.29 is 40.1 Å². The molecule has 0 aliphatic rings. The van der Waals surface area contributed by atoms with Crippen molar-refractivity contribution in [2.24, 2.45) is 0 Å². The molecule has 0 saturated carbocycles. The summed E-state index contributed by atoms with van der Waals surface area (Å²) in [6.45, 7) is 0. The Kier molecular flexibility index (Phi) is 9.53. The normalized spacial score (nSPS) is 8.78. The van der Waals surface area contributed by atoms with Crippen LogP contribution in [-0.4, -0.2) is 49.5 Å². The standard InChI is InChI=1S/2C7H6O4.Pb/c2*8-7(9)5-3-1-2-4-6(5)11-10;/h2*1-4,10H,(H,8,9);/q;;+2/p-2.